The highest BCUT2D eigenvalue weighted by Crippen LogP contribution is 2.44. The molecule has 4 rings (SSSR count). The lowest BCUT2D eigenvalue weighted by Gasteiger charge is -2.33. The van der Waals surface area contributed by atoms with Gasteiger partial charge in [-0.2, -0.15) is 0 Å². The van der Waals surface area contributed by atoms with Gasteiger partial charge < -0.3 is 4.74 Å². The molecule has 0 N–H and O–H groups in total. The largest absolute Gasteiger partial charge is 0.427 e. The number of sulfone groups is 1. The van der Waals surface area contributed by atoms with Crippen LogP contribution in [-0.2, 0) is 20.0 Å². The Balaban J connectivity index is 1.78. The Hall–Kier alpha value is -3.44. The maximum atomic E-state index is 13.5. The van der Waals surface area contributed by atoms with Crippen molar-refractivity contribution in [1.29, 1.82) is 0 Å². The van der Waals surface area contributed by atoms with Gasteiger partial charge in [-0.3, -0.25) is 0 Å². The molecule has 34 heavy (non-hydrogen) atoms. The summed E-state index contributed by atoms with van der Waals surface area (Å²) in [7, 11) is -3.68. The monoisotopic (exact) mass is 472 g/mol. The summed E-state index contributed by atoms with van der Waals surface area (Å²) in [5.74, 6) is 0.116. The van der Waals surface area contributed by atoms with Gasteiger partial charge in [-0.05, 0) is 58.9 Å². The molecule has 0 aliphatic heterocycles. The van der Waals surface area contributed by atoms with E-state index in [9.17, 15) is 13.2 Å². The van der Waals surface area contributed by atoms with Crippen LogP contribution < -0.4 is 0 Å². The van der Waals surface area contributed by atoms with Crippen LogP contribution in [0.4, 0.5) is 0 Å². The van der Waals surface area contributed by atoms with E-state index in [1.165, 1.54) is 0 Å². The van der Waals surface area contributed by atoms with Gasteiger partial charge in [0, 0.05) is 6.42 Å². The van der Waals surface area contributed by atoms with Gasteiger partial charge in [-0.25, -0.2) is 13.2 Å². The van der Waals surface area contributed by atoms with E-state index < -0.39 is 15.8 Å². The quantitative estimate of drug-likeness (QED) is 0.293. The topological polar surface area (TPSA) is 60.4 Å². The molecule has 1 aliphatic rings. The van der Waals surface area contributed by atoms with Crippen LogP contribution in [0.1, 0.15) is 60.7 Å². The molecule has 1 aliphatic carbocycles. The zero-order valence-electron chi connectivity index (χ0n) is 19.6. The van der Waals surface area contributed by atoms with E-state index in [1.54, 1.807) is 54.6 Å². The summed E-state index contributed by atoms with van der Waals surface area (Å²) in [6.07, 6.45) is 4.79. The van der Waals surface area contributed by atoms with Crippen molar-refractivity contribution in [3.8, 4) is 0 Å². The summed E-state index contributed by atoms with van der Waals surface area (Å²) < 4.78 is 32.7. The molecule has 5 heteroatoms. The third kappa shape index (κ3) is 4.62. The summed E-state index contributed by atoms with van der Waals surface area (Å²) in [4.78, 5) is 13.2. The number of benzene rings is 3. The fourth-order valence-electron chi connectivity index (χ4n) is 4.32. The van der Waals surface area contributed by atoms with Crippen molar-refractivity contribution >= 4 is 26.8 Å². The zero-order valence-corrected chi connectivity index (χ0v) is 20.4. The molecule has 0 aromatic heterocycles. The molecule has 3 aromatic rings. The van der Waals surface area contributed by atoms with Gasteiger partial charge in [0.05, 0.1) is 15.4 Å². The van der Waals surface area contributed by atoms with Gasteiger partial charge in [0.15, 0.2) is 0 Å². The van der Waals surface area contributed by atoms with Crippen LogP contribution in [-0.4, -0.2) is 14.4 Å². The minimum absolute atomic E-state index is 0.277. The number of hydrogen-bond donors (Lipinski definition) is 0. The Bertz CT molecular complexity index is 1370. The molecule has 0 amide bonds. The second-order valence-electron chi connectivity index (χ2n) is 8.96. The first kappa shape index (κ1) is 23.7. The molecule has 174 valence electrons. The van der Waals surface area contributed by atoms with Gasteiger partial charge >= 0.3 is 5.97 Å². The van der Waals surface area contributed by atoms with E-state index >= 15 is 0 Å². The average Bonchev–Trinajstić information content (AvgIpc) is 2.84. The Morgan fingerprint density at radius 2 is 1.59 bits per heavy atom. The SMILES string of the molecule is CC/C(=C/c1cccc2c1C(C)(C)CC=C2S(=O)(=O)c1ccccc1)OC(=O)c1ccccc1. The number of esters is 1. The standard InChI is InChI=1S/C29H28O4S/c1-4-23(33-28(30)21-12-7-5-8-13-21)20-22-14-11-17-25-26(18-19-29(2,3)27(22)25)34(31,32)24-15-9-6-10-16-24/h5-18,20H,4,19H2,1-3H3/b23-20-. The van der Waals surface area contributed by atoms with Crippen LogP contribution in [0.2, 0.25) is 0 Å². The van der Waals surface area contributed by atoms with Gasteiger partial charge in [0.25, 0.3) is 0 Å². The fourth-order valence-corrected chi connectivity index (χ4v) is 5.85. The molecule has 0 radical (unpaired) electrons. The second kappa shape index (κ2) is 9.43. The summed E-state index contributed by atoms with van der Waals surface area (Å²) in [5, 5.41) is 0. The minimum Gasteiger partial charge on any atom is -0.427 e. The molecule has 0 unspecified atom stereocenters. The molecule has 0 fully saturated rings. The van der Waals surface area contributed by atoms with E-state index in [2.05, 4.69) is 13.8 Å². The Morgan fingerprint density at radius 3 is 2.24 bits per heavy atom. The first-order valence-corrected chi connectivity index (χ1v) is 12.8. The zero-order chi connectivity index (χ0) is 24.3. The molecular weight excluding hydrogens is 444 g/mol. The van der Waals surface area contributed by atoms with Gasteiger partial charge in [0.2, 0.25) is 9.84 Å². The number of allylic oxidation sites excluding steroid dienone is 2. The van der Waals surface area contributed by atoms with Crippen molar-refractivity contribution < 1.29 is 17.9 Å². The number of fused-ring (bicyclic) bond motifs is 1. The van der Waals surface area contributed by atoms with Crippen LogP contribution in [0.5, 0.6) is 0 Å². The van der Waals surface area contributed by atoms with Crippen LogP contribution in [0.15, 0.2) is 95.6 Å². The molecule has 4 nitrogen and oxygen atoms in total. The van der Waals surface area contributed by atoms with Crippen LogP contribution in [0, 0.1) is 0 Å². The lowest BCUT2D eigenvalue weighted by molar-refractivity contribution is 0.0620. The first-order valence-electron chi connectivity index (χ1n) is 11.4. The minimum atomic E-state index is -3.68. The highest BCUT2D eigenvalue weighted by molar-refractivity contribution is 8.00. The molecule has 0 saturated heterocycles. The number of hydrogen-bond acceptors (Lipinski definition) is 4. The molecule has 0 heterocycles. The highest BCUT2D eigenvalue weighted by Gasteiger charge is 2.35. The normalized spacial score (nSPS) is 15.3. The van der Waals surface area contributed by atoms with E-state index in [0.717, 1.165) is 11.1 Å². The predicted octanol–water partition coefficient (Wildman–Crippen LogP) is 6.79. The van der Waals surface area contributed by atoms with E-state index in [1.807, 2.05) is 43.3 Å². The summed E-state index contributed by atoms with van der Waals surface area (Å²) in [6, 6.07) is 23.0. The maximum Gasteiger partial charge on any atom is 0.343 e. The second-order valence-corrected chi connectivity index (χ2v) is 10.9. The van der Waals surface area contributed by atoms with E-state index in [0.29, 0.717) is 34.6 Å². The van der Waals surface area contributed by atoms with E-state index in [-0.39, 0.29) is 10.3 Å². The molecule has 0 atom stereocenters. The highest BCUT2D eigenvalue weighted by atomic mass is 32.2. The number of ether oxygens (including phenoxy) is 1. The third-order valence-corrected chi connectivity index (χ3v) is 7.94. The summed E-state index contributed by atoms with van der Waals surface area (Å²) >= 11 is 0. The Labute approximate surface area is 201 Å². The number of carbonyl (C=O) groups excluding carboxylic acids is 1. The van der Waals surface area contributed by atoms with E-state index in [4.69, 9.17) is 4.74 Å². The van der Waals surface area contributed by atoms with Gasteiger partial charge in [0.1, 0.15) is 5.76 Å². The van der Waals surface area contributed by atoms with Crippen LogP contribution in [0.25, 0.3) is 11.0 Å². The first-order chi connectivity index (χ1) is 16.2. The Kier molecular flexibility index (Phi) is 6.58. The van der Waals surface area contributed by atoms with Crippen molar-refractivity contribution in [3.63, 3.8) is 0 Å². The van der Waals surface area contributed by atoms with Crippen LogP contribution >= 0.6 is 0 Å². The third-order valence-electron chi connectivity index (χ3n) is 6.08. The van der Waals surface area contributed by atoms with Gasteiger partial charge in [-0.15, -0.1) is 0 Å². The Morgan fingerprint density at radius 1 is 0.941 bits per heavy atom. The smallest absolute Gasteiger partial charge is 0.343 e. The molecule has 0 saturated carbocycles. The number of rotatable bonds is 6. The van der Waals surface area contributed by atoms with Gasteiger partial charge in [-0.1, -0.05) is 81.4 Å². The predicted molar refractivity (Wildman–Crippen MR) is 136 cm³/mol. The maximum absolute atomic E-state index is 13.5. The molecule has 0 bridgehead atoms. The van der Waals surface area contributed by atoms with Crippen molar-refractivity contribution in [1.82, 2.24) is 0 Å². The van der Waals surface area contributed by atoms with Crippen LogP contribution in [0.3, 0.4) is 0 Å². The van der Waals surface area contributed by atoms with Crippen molar-refractivity contribution in [2.45, 2.75) is 43.9 Å². The lowest BCUT2D eigenvalue weighted by Crippen LogP contribution is -2.25. The van der Waals surface area contributed by atoms with Crippen molar-refractivity contribution in [2.24, 2.45) is 0 Å². The molecule has 0 spiro atoms. The lowest BCUT2D eigenvalue weighted by atomic mass is 9.73. The van der Waals surface area contributed by atoms with Crippen molar-refractivity contribution in [3.05, 3.63) is 113 Å². The summed E-state index contributed by atoms with van der Waals surface area (Å²) in [5.41, 5.74) is 2.68. The summed E-state index contributed by atoms with van der Waals surface area (Å²) in [6.45, 7) is 6.14. The fraction of sp³-hybridized carbons (Fsp3) is 0.207. The van der Waals surface area contributed by atoms with Crippen molar-refractivity contribution in [2.75, 3.05) is 0 Å². The number of carbonyl (C=O) groups is 1. The molecular formula is C29H28O4S. The molecule has 3 aromatic carbocycles. The average molecular weight is 473 g/mol.